The first kappa shape index (κ1) is 21.0. The van der Waals surface area contributed by atoms with Gasteiger partial charge in [0.15, 0.2) is 5.11 Å². The van der Waals surface area contributed by atoms with Crippen LogP contribution in [0, 0.1) is 5.92 Å². The van der Waals surface area contributed by atoms with Gasteiger partial charge < -0.3 is 15.4 Å². The number of amides is 1. The number of thiocarbonyl (C=S) groups is 1. The zero-order chi connectivity index (χ0) is 19.6. The van der Waals surface area contributed by atoms with E-state index in [1.807, 2.05) is 30.3 Å². The molecule has 142 valence electrons. The molecule has 0 aliphatic carbocycles. The van der Waals surface area contributed by atoms with Crippen molar-refractivity contribution in [3.8, 4) is 0 Å². The standard InChI is InChI=1S/C18H19ClN4O2S2/c19-13-6-8-15(9-7-13)21-18(27)23-22-16(25)10-12(11-24)17(26)20-14-4-2-1-3-5-14/h1-9,11-12,17,20,26H,10H2,(H,22,25)(H2,21,23,27). The monoisotopic (exact) mass is 422 g/mol. The Morgan fingerprint density at radius 1 is 1.07 bits per heavy atom. The molecule has 0 bridgehead atoms. The third-order valence-corrected chi connectivity index (χ3v) is 4.48. The number of nitrogens with one attached hydrogen (secondary N) is 4. The lowest BCUT2D eigenvalue weighted by Crippen LogP contribution is -2.45. The first-order chi connectivity index (χ1) is 13.0. The minimum atomic E-state index is -0.617. The smallest absolute Gasteiger partial charge is 0.239 e. The van der Waals surface area contributed by atoms with Crippen LogP contribution in [0.25, 0.3) is 0 Å². The molecule has 0 saturated heterocycles. The van der Waals surface area contributed by atoms with Crippen LogP contribution in [-0.2, 0) is 9.59 Å². The third kappa shape index (κ3) is 7.46. The fraction of sp³-hybridized carbons (Fsp3) is 0.167. The zero-order valence-corrected chi connectivity index (χ0v) is 16.7. The number of thiol groups is 1. The molecule has 4 N–H and O–H groups in total. The van der Waals surface area contributed by atoms with Gasteiger partial charge in [0, 0.05) is 22.8 Å². The SMILES string of the molecule is O=CC(CC(=O)NNC(=S)Nc1ccc(Cl)cc1)C(S)Nc1ccccc1. The van der Waals surface area contributed by atoms with E-state index in [2.05, 4.69) is 34.1 Å². The number of hydrogen-bond donors (Lipinski definition) is 5. The Labute approximate surface area is 173 Å². The predicted molar refractivity (Wildman–Crippen MR) is 116 cm³/mol. The number of aldehydes is 1. The van der Waals surface area contributed by atoms with Crippen molar-refractivity contribution in [1.82, 2.24) is 10.9 Å². The largest absolute Gasteiger partial charge is 0.373 e. The second-order valence-corrected chi connectivity index (χ2v) is 6.99. The number of carbonyl (C=O) groups is 2. The van der Waals surface area contributed by atoms with Crippen LogP contribution in [0.3, 0.4) is 0 Å². The van der Waals surface area contributed by atoms with Crippen LogP contribution in [0.15, 0.2) is 54.6 Å². The molecule has 2 aromatic carbocycles. The van der Waals surface area contributed by atoms with Crippen molar-refractivity contribution in [2.24, 2.45) is 5.92 Å². The third-order valence-electron chi connectivity index (χ3n) is 3.51. The fourth-order valence-electron chi connectivity index (χ4n) is 2.13. The Morgan fingerprint density at radius 2 is 1.74 bits per heavy atom. The maximum atomic E-state index is 12.1. The highest BCUT2D eigenvalue weighted by molar-refractivity contribution is 7.81. The van der Waals surface area contributed by atoms with E-state index in [4.69, 9.17) is 23.8 Å². The summed E-state index contributed by atoms with van der Waals surface area (Å²) in [6, 6.07) is 16.3. The van der Waals surface area contributed by atoms with Crippen molar-refractivity contribution in [2.45, 2.75) is 11.8 Å². The summed E-state index contributed by atoms with van der Waals surface area (Å²) >= 11 is 15.3. The molecular weight excluding hydrogens is 404 g/mol. The van der Waals surface area contributed by atoms with Crippen molar-refractivity contribution >= 4 is 65.1 Å². The number of para-hydroxylation sites is 1. The second-order valence-electron chi connectivity index (χ2n) is 5.59. The molecule has 2 aromatic rings. The number of anilines is 2. The van der Waals surface area contributed by atoms with E-state index in [0.717, 1.165) is 11.4 Å². The highest BCUT2D eigenvalue weighted by Crippen LogP contribution is 2.17. The molecule has 0 aromatic heterocycles. The molecule has 0 radical (unpaired) electrons. The summed E-state index contributed by atoms with van der Waals surface area (Å²) < 4.78 is 0. The van der Waals surface area contributed by atoms with Crippen molar-refractivity contribution in [3.05, 3.63) is 59.6 Å². The summed E-state index contributed by atoms with van der Waals surface area (Å²) in [6.07, 6.45) is 0.658. The van der Waals surface area contributed by atoms with Crippen LogP contribution in [-0.4, -0.2) is 22.7 Å². The zero-order valence-electron chi connectivity index (χ0n) is 14.2. The van der Waals surface area contributed by atoms with Crippen molar-refractivity contribution in [1.29, 1.82) is 0 Å². The molecule has 0 aliphatic rings. The Kier molecular flexibility index (Phi) is 8.38. The second kappa shape index (κ2) is 10.8. The molecule has 2 rings (SSSR count). The van der Waals surface area contributed by atoms with Crippen LogP contribution >= 0.6 is 36.4 Å². The van der Waals surface area contributed by atoms with Crippen molar-refractivity contribution < 1.29 is 9.59 Å². The Balaban J connectivity index is 1.77. The molecule has 0 aliphatic heterocycles. The summed E-state index contributed by atoms with van der Waals surface area (Å²) in [5, 5.41) is 6.29. The van der Waals surface area contributed by atoms with Gasteiger partial charge in [0.2, 0.25) is 5.91 Å². The molecule has 0 saturated carbocycles. The quantitative estimate of drug-likeness (QED) is 0.155. The summed E-state index contributed by atoms with van der Waals surface area (Å²) in [5.41, 5.74) is 6.59. The number of rotatable bonds is 7. The summed E-state index contributed by atoms with van der Waals surface area (Å²) in [7, 11) is 0. The van der Waals surface area contributed by atoms with Gasteiger partial charge in [-0.15, -0.1) is 0 Å². The van der Waals surface area contributed by atoms with Gasteiger partial charge in [0.05, 0.1) is 11.3 Å². The molecule has 1 amide bonds. The van der Waals surface area contributed by atoms with Crippen LogP contribution in [0.5, 0.6) is 0 Å². The highest BCUT2D eigenvalue weighted by atomic mass is 35.5. The Morgan fingerprint density at radius 3 is 2.37 bits per heavy atom. The molecule has 0 spiro atoms. The van der Waals surface area contributed by atoms with E-state index in [0.29, 0.717) is 11.3 Å². The van der Waals surface area contributed by atoms with Gasteiger partial charge in [0.25, 0.3) is 0 Å². The molecule has 0 fully saturated rings. The maximum Gasteiger partial charge on any atom is 0.239 e. The normalized spacial score (nSPS) is 12.4. The van der Waals surface area contributed by atoms with Gasteiger partial charge in [-0.1, -0.05) is 29.8 Å². The Bertz CT molecular complexity index is 775. The van der Waals surface area contributed by atoms with E-state index in [1.54, 1.807) is 24.3 Å². The molecule has 6 nitrogen and oxygen atoms in total. The predicted octanol–water partition coefficient (Wildman–Crippen LogP) is 3.23. The molecule has 27 heavy (non-hydrogen) atoms. The fourth-order valence-corrected chi connectivity index (χ4v) is 2.75. The maximum absolute atomic E-state index is 12.1. The van der Waals surface area contributed by atoms with Gasteiger partial charge >= 0.3 is 0 Å². The van der Waals surface area contributed by atoms with Gasteiger partial charge in [0.1, 0.15) is 6.29 Å². The van der Waals surface area contributed by atoms with E-state index in [9.17, 15) is 9.59 Å². The van der Waals surface area contributed by atoms with E-state index in [1.165, 1.54) is 0 Å². The average molecular weight is 423 g/mol. The molecular formula is C18H19ClN4O2S2. The number of hydrogen-bond acceptors (Lipinski definition) is 5. The molecule has 9 heteroatoms. The topological polar surface area (TPSA) is 82.3 Å². The number of benzene rings is 2. The average Bonchev–Trinajstić information content (AvgIpc) is 2.67. The first-order valence-electron chi connectivity index (χ1n) is 8.04. The number of hydrazine groups is 1. The molecule has 2 unspecified atom stereocenters. The minimum absolute atomic E-state index is 0.0476. The number of halogens is 1. The lowest BCUT2D eigenvalue weighted by Gasteiger charge is -2.20. The van der Waals surface area contributed by atoms with E-state index >= 15 is 0 Å². The van der Waals surface area contributed by atoms with Crippen LogP contribution in [0.1, 0.15) is 6.42 Å². The molecule has 0 heterocycles. The lowest BCUT2D eigenvalue weighted by atomic mass is 10.1. The first-order valence-corrected chi connectivity index (χ1v) is 9.34. The van der Waals surface area contributed by atoms with E-state index < -0.39 is 11.3 Å². The van der Waals surface area contributed by atoms with Gasteiger partial charge in [-0.2, -0.15) is 12.6 Å². The van der Waals surface area contributed by atoms with Gasteiger partial charge in [-0.05, 0) is 48.6 Å². The van der Waals surface area contributed by atoms with Crippen LogP contribution in [0.4, 0.5) is 11.4 Å². The summed E-state index contributed by atoms with van der Waals surface area (Å²) in [5.74, 6) is -1.01. The van der Waals surface area contributed by atoms with Crippen LogP contribution in [0.2, 0.25) is 5.02 Å². The summed E-state index contributed by atoms with van der Waals surface area (Å²) in [4.78, 5) is 23.4. The van der Waals surface area contributed by atoms with E-state index in [-0.39, 0.29) is 17.4 Å². The van der Waals surface area contributed by atoms with Crippen LogP contribution < -0.4 is 21.5 Å². The lowest BCUT2D eigenvalue weighted by molar-refractivity contribution is -0.124. The van der Waals surface area contributed by atoms with Crippen molar-refractivity contribution in [2.75, 3.05) is 10.6 Å². The number of carbonyl (C=O) groups excluding carboxylic acids is 2. The van der Waals surface area contributed by atoms with Gasteiger partial charge in [-0.25, -0.2) is 0 Å². The van der Waals surface area contributed by atoms with Gasteiger partial charge in [-0.3, -0.25) is 15.6 Å². The minimum Gasteiger partial charge on any atom is -0.373 e. The highest BCUT2D eigenvalue weighted by Gasteiger charge is 2.21. The molecule has 2 atom stereocenters. The summed E-state index contributed by atoms with van der Waals surface area (Å²) in [6.45, 7) is 0. The van der Waals surface area contributed by atoms with Crippen molar-refractivity contribution in [3.63, 3.8) is 0 Å². The Hall–Kier alpha value is -2.29.